The highest BCUT2D eigenvalue weighted by atomic mass is 35.5. The van der Waals surface area contributed by atoms with Crippen LogP contribution in [-0.2, 0) is 21.4 Å². The Morgan fingerprint density at radius 3 is 2.41 bits per heavy atom. The lowest BCUT2D eigenvalue weighted by Crippen LogP contribution is -2.42. The van der Waals surface area contributed by atoms with Crippen LogP contribution in [0.5, 0.6) is 5.75 Å². The molecular weight excluding hydrogens is 471 g/mol. The average Bonchev–Trinajstić information content (AvgIpc) is 2.70. The Hall–Kier alpha value is -2.34. The summed E-state index contributed by atoms with van der Waals surface area (Å²) < 4.78 is 69.2. The van der Waals surface area contributed by atoms with E-state index >= 15 is 0 Å². The zero-order chi connectivity index (χ0) is 22.6. The predicted molar refractivity (Wildman–Crippen MR) is 116 cm³/mol. The summed E-state index contributed by atoms with van der Waals surface area (Å²) in [5, 5.41) is 3.15. The number of benzene rings is 2. The molecule has 7 nitrogen and oxygen atoms in total. The van der Waals surface area contributed by atoms with E-state index in [-0.39, 0.29) is 30.5 Å². The minimum absolute atomic E-state index is 0. The van der Waals surface area contributed by atoms with Crippen molar-refractivity contribution in [3.8, 4) is 5.75 Å². The maximum absolute atomic E-state index is 13.2. The summed E-state index contributed by atoms with van der Waals surface area (Å²) in [5.74, 6) is 0.487. The number of sulfonamides is 1. The summed E-state index contributed by atoms with van der Waals surface area (Å²) in [7, 11) is -4.04. The molecule has 0 fully saturated rings. The van der Waals surface area contributed by atoms with Gasteiger partial charge in [0.1, 0.15) is 11.8 Å². The number of hydrogen-bond donors (Lipinski definition) is 2. The van der Waals surface area contributed by atoms with Crippen LogP contribution < -0.4 is 19.7 Å². The molecule has 1 atom stereocenters. The van der Waals surface area contributed by atoms with E-state index in [4.69, 9.17) is 4.74 Å². The molecule has 0 aliphatic carbocycles. The summed E-state index contributed by atoms with van der Waals surface area (Å²) >= 11 is 0. The molecule has 0 radical (unpaired) electrons. The molecule has 0 saturated carbocycles. The fourth-order valence-electron chi connectivity index (χ4n) is 3.19. The number of rotatable bonds is 8. The molecule has 2 aromatic carbocycles. The zero-order valence-electron chi connectivity index (χ0n) is 17.1. The monoisotopic (exact) mass is 493 g/mol. The Morgan fingerprint density at radius 1 is 1.12 bits per heavy atom. The molecular formula is C20H23ClF3N3O4S. The second-order valence-corrected chi connectivity index (χ2v) is 8.86. The number of carbonyl (C=O) groups is 1. The zero-order valence-corrected chi connectivity index (χ0v) is 18.7. The van der Waals surface area contributed by atoms with Gasteiger partial charge in [-0.2, -0.15) is 17.9 Å². The van der Waals surface area contributed by atoms with Gasteiger partial charge in [-0.15, -0.1) is 12.4 Å². The van der Waals surface area contributed by atoms with Gasteiger partial charge in [-0.25, -0.2) is 8.42 Å². The first-order valence-electron chi connectivity index (χ1n) is 9.40. The smallest absolute Gasteiger partial charge is 0.408 e. The molecule has 1 heterocycles. The molecule has 1 aliphatic rings. The van der Waals surface area contributed by atoms with Crippen LogP contribution in [0.2, 0.25) is 0 Å². The van der Waals surface area contributed by atoms with Gasteiger partial charge < -0.3 is 15.0 Å². The minimum atomic E-state index is -4.76. The molecule has 12 heteroatoms. The van der Waals surface area contributed by atoms with Gasteiger partial charge in [-0.1, -0.05) is 36.4 Å². The summed E-state index contributed by atoms with van der Waals surface area (Å²) in [4.78, 5) is 13.8. The van der Waals surface area contributed by atoms with Crippen LogP contribution in [0.4, 0.5) is 18.9 Å². The van der Waals surface area contributed by atoms with E-state index in [2.05, 4.69) is 5.32 Å². The summed E-state index contributed by atoms with van der Waals surface area (Å²) in [6.07, 6.45) is -4.08. The third kappa shape index (κ3) is 6.83. The first-order valence-corrected chi connectivity index (χ1v) is 11.3. The van der Waals surface area contributed by atoms with Crippen molar-refractivity contribution in [2.75, 3.05) is 30.9 Å². The largest absolute Gasteiger partial charge is 0.482 e. The normalized spacial score (nSPS) is 14.9. The Morgan fingerprint density at radius 2 is 1.78 bits per heavy atom. The lowest BCUT2D eigenvalue weighted by atomic mass is 10.1. The van der Waals surface area contributed by atoms with Crippen molar-refractivity contribution >= 4 is 34.0 Å². The number of fused-ring (bicyclic) bond motifs is 1. The number of nitrogens with one attached hydrogen (secondary N) is 2. The number of anilines is 1. The van der Waals surface area contributed by atoms with E-state index in [9.17, 15) is 26.4 Å². The van der Waals surface area contributed by atoms with Crippen LogP contribution in [0.15, 0.2) is 48.5 Å². The average molecular weight is 494 g/mol. The van der Waals surface area contributed by atoms with E-state index in [1.54, 1.807) is 21.8 Å². The van der Waals surface area contributed by atoms with E-state index in [1.165, 1.54) is 24.3 Å². The fraction of sp³-hybridized carbons (Fsp3) is 0.350. The van der Waals surface area contributed by atoms with Gasteiger partial charge >= 0.3 is 6.18 Å². The van der Waals surface area contributed by atoms with Crippen LogP contribution in [0, 0.1) is 0 Å². The quantitative estimate of drug-likeness (QED) is 0.552. The third-order valence-electron chi connectivity index (χ3n) is 4.62. The Labute approximate surface area is 190 Å². The molecule has 1 amide bonds. The standard InChI is InChI=1S/C20H22F3N3O4S.ClH/c1-31(28,29)25-19(20(21,22)23)15-8-6-14(7-9-15)12-24-10-11-26-16-4-2-3-5-17(16)30-13-18(26)27;/h2-9,19,24-25H,10-13H2,1H3;1H/t19-;/m0./s1. The second-order valence-electron chi connectivity index (χ2n) is 7.08. The van der Waals surface area contributed by atoms with E-state index in [1.807, 2.05) is 12.1 Å². The number of ether oxygens (including phenoxy) is 1. The number of alkyl halides is 3. The van der Waals surface area contributed by atoms with Crippen molar-refractivity contribution in [1.29, 1.82) is 0 Å². The number of hydrogen-bond acceptors (Lipinski definition) is 5. The number of nitrogens with zero attached hydrogens (tertiary/aromatic N) is 1. The van der Waals surface area contributed by atoms with Gasteiger partial charge in [0.25, 0.3) is 5.91 Å². The second kappa shape index (κ2) is 10.5. The van der Waals surface area contributed by atoms with E-state index in [0.29, 0.717) is 37.3 Å². The molecule has 32 heavy (non-hydrogen) atoms. The van der Waals surface area contributed by atoms with Crippen LogP contribution in [0.1, 0.15) is 17.2 Å². The highest BCUT2D eigenvalue weighted by Crippen LogP contribution is 2.33. The first-order chi connectivity index (χ1) is 14.5. The number of carbonyl (C=O) groups excluding carboxylic acids is 1. The molecule has 2 aromatic rings. The van der Waals surface area contributed by atoms with Gasteiger partial charge in [-0.3, -0.25) is 4.79 Å². The summed E-state index contributed by atoms with van der Waals surface area (Å²) in [6, 6.07) is 10.4. The van der Waals surface area contributed by atoms with Crippen molar-refractivity contribution in [1.82, 2.24) is 10.0 Å². The predicted octanol–water partition coefficient (Wildman–Crippen LogP) is 2.78. The highest BCUT2D eigenvalue weighted by Gasteiger charge is 2.42. The lowest BCUT2D eigenvalue weighted by molar-refractivity contribution is -0.153. The fourth-order valence-corrected chi connectivity index (χ4v) is 3.89. The number of amides is 1. The van der Waals surface area contributed by atoms with Gasteiger partial charge in [0.05, 0.1) is 11.9 Å². The number of para-hydroxylation sites is 2. The van der Waals surface area contributed by atoms with Crippen LogP contribution in [0.3, 0.4) is 0 Å². The third-order valence-corrected chi connectivity index (χ3v) is 5.29. The van der Waals surface area contributed by atoms with Crippen molar-refractivity contribution in [2.24, 2.45) is 0 Å². The highest BCUT2D eigenvalue weighted by molar-refractivity contribution is 7.88. The summed E-state index contributed by atoms with van der Waals surface area (Å²) in [5.41, 5.74) is 1.22. The van der Waals surface area contributed by atoms with Crippen molar-refractivity contribution in [3.05, 3.63) is 59.7 Å². The molecule has 0 unspecified atom stereocenters. The van der Waals surface area contributed by atoms with Gasteiger partial charge in [0, 0.05) is 19.6 Å². The molecule has 0 saturated heterocycles. The molecule has 3 rings (SSSR count). The van der Waals surface area contributed by atoms with Crippen LogP contribution >= 0.6 is 12.4 Å². The van der Waals surface area contributed by atoms with Crippen LogP contribution in [0.25, 0.3) is 0 Å². The van der Waals surface area contributed by atoms with E-state index < -0.39 is 22.2 Å². The molecule has 176 valence electrons. The van der Waals surface area contributed by atoms with Gasteiger partial charge in [-0.05, 0) is 23.3 Å². The molecule has 2 N–H and O–H groups in total. The van der Waals surface area contributed by atoms with Crippen molar-refractivity contribution in [3.63, 3.8) is 0 Å². The topological polar surface area (TPSA) is 87.7 Å². The Bertz CT molecular complexity index is 1030. The summed E-state index contributed by atoms with van der Waals surface area (Å²) in [6.45, 7) is 1.21. The van der Waals surface area contributed by atoms with Crippen LogP contribution in [-0.4, -0.2) is 46.5 Å². The SMILES string of the molecule is CS(=O)(=O)N[C@@H](c1ccc(CNCCN2C(=O)COc3ccccc32)cc1)C(F)(F)F.Cl. The molecule has 1 aliphatic heterocycles. The molecule has 0 aromatic heterocycles. The first kappa shape index (κ1) is 25.9. The van der Waals surface area contributed by atoms with E-state index in [0.717, 1.165) is 5.56 Å². The van der Waals surface area contributed by atoms with Crippen molar-refractivity contribution in [2.45, 2.75) is 18.8 Å². The Kier molecular flexibility index (Phi) is 8.52. The minimum Gasteiger partial charge on any atom is -0.482 e. The molecule has 0 spiro atoms. The maximum Gasteiger partial charge on any atom is 0.408 e. The van der Waals surface area contributed by atoms with Gasteiger partial charge in [0.15, 0.2) is 6.61 Å². The molecule has 0 bridgehead atoms. The maximum atomic E-state index is 13.2. The number of halogens is 4. The van der Waals surface area contributed by atoms with Gasteiger partial charge in [0.2, 0.25) is 10.0 Å². The Balaban J connectivity index is 0.00000363. The lowest BCUT2D eigenvalue weighted by Gasteiger charge is -2.29. The van der Waals surface area contributed by atoms with Crippen molar-refractivity contribution < 1.29 is 31.1 Å².